The molecule has 1 rings (SSSR count). The summed E-state index contributed by atoms with van der Waals surface area (Å²) in [4.78, 5) is 0. The first-order valence-electron chi connectivity index (χ1n) is 4.61. The second-order valence-electron chi connectivity index (χ2n) is 4.52. The first kappa shape index (κ1) is 10.6. The van der Waals surface area contributed by atoms with Crippen LogP contribution in [0.5, 0.6) is 5.75 Å². The van der Waals surface area contributed by atoms with E-state index in [1.54, 1.807) is 6.92 Å². The van der Waals surface area contributed by atoms with Crippen molar-refractivity contribution in [1.82, 2.24) is 0 Å². The van der Waals surface area contributed by atoms with Gasteiger partial charge in [-0.1, -0.05) is 32.9 Å². The molecular weight excluding hydrogens is 174 g/mol. The molecule has 0 saturated heterocycles. The molecule has 0 radical (unpaired) electrons. The number of nitriles is 1. The summed E-state index contributed by atoms with van der Waals surface area (Å²) in [5.74, 6) is 0.111. The molecule has 74 valence electrons. The fourth-order valence-corrected chi connectivity index (χ4v) is 1.43. The van der Waals surface area contributed by atoms with Crippen molar-refractivity contribution >= 4 is 0 Å². The fourth-order valence-electron chi connectivity index (χ4n) is 1.43. The van der Waals surface area contributed by atoms with Crippen LogP contribution in [0.4, 0.5) is 0 Å². The maximum atomic E-state index is 9.72. The molecule has 0 fully saturated rings. The van der Waals surface area contributed by atoms with Gasteiger partial charge in [0.25, 0.3) is 0 Å². The summed E-state index contributed by atoms with van der Waals surface area (Å²) in [6.07, 6.45) is 0. The molecular formula is C12H15NO. The van der Waals surface area contributed by atoms with Crippen LogP contribution in [0, 0.1) is 18.3 Å². The molecule has 0 amide bonds. The second kappa shape index (κ2) is 3.34. The van der Waals surface area contributed by atoms with Crippen LogP contribution < -0.4 is 0 Å². The highest BCUT2D eigenvalue weighted by Crippen LogP contribution is 2.32. The highest BCUT2D eigenvalue weighted by Gasteiger charge is 2.20. The van der Waals surface area contributed by atoms with Gasteiger partial charge in [-0.15, -0.1) is 0 Å². The highest BCUT2D eigenvalue weighted by molar-refractivity contribution is 5.54. The average molecular weight is 189 g/mol. The van der Waals surface area contributed by atoms with Crippen LogP contribution in [-0.2, 0) is 5.41 Å². The standard InChI is InChI=1S/C12H15NO/c1-8-5-6-10(12(2,3)4)9(7-13)11(8)14/h5-6,14H,1-4H3. The summed E-state index contributed by atoms with van der Waals surface area (Å²) in [5.41, 5.74) is 1.92. The van der Waals surface area contributed by atoms with Gasteiger partial charge in [0.2, 0.25) is 0 Å². The Bertz CT molecular complexity index is 394. The van der Waals surface area contributed by atoms with Crippen molar-refractivity contribution in [2.75, 3.05) is 0 Å². The van der Waals surface area contributed by atoms with Crippen molar-refractivity contribution < 1.29 is 5.11 Å². The van der Waals surface area contributed by atoms with Crippen molar-refractivity contribution in [3.8, 4) is 11.8 Å². The maximum Gasteiger partial charge on any atom is 0.136 e. The Kier molecular flexibility index (Phi) is 2.53. The van der Waals surface area contributed by atoms with Crippen LogP contribution in [-0.4, -0.2) is 5.11 Å². The molecule has 0 atom stereocenters. The van der Waals surface area contributed by atoms with Crippen molar-refractivity contribution in [3.63, 3.8) is 0 Å². The summed E-state index contributed by atoms with van der Waals surface area (Å²) in [5, 5.41) is 18.7. The van der Waals surface area contributed by atoms with E-state index < -0.39 is 0 Å². The third-order valence-electron chi connectivity index (χ3n) is 2.30. The number of phenolic OH excluding ortho intramolecular Hbond substituents is 1. The van der Waals surface area contributed by atoms with E-state index in [0.29, 0.717) is 5.56 Å². The molecule has 2 nitrogen and oxygen atoms in total. The minimum absolute atomic E-state index is 0.111. The fraction of sp³-hybridized carbons (Fsp3) is 0.417. The molecule has 0 aliphatic carbocycles. The molecule has 1 aromatic carbocycles. The van der Waals surface area contributed by atoms with Crippen molar-refractivity contribution in [3.05, 3.63) is 28.8 Å². The van der Waals surface area contributed by atoms with Crippen LogP contribution in [0.15, 0.2) is 12.1 Å². The molecule has 2 heteroatoms. The number of benzene rings is 1. The summed E-state index contributed by atoms with van der Waals surface area (Å²) in [6.45, 7) is 7.87. The highest BCUT2D eigenvalue weighted by atomic mass is 16.3. The van der Waals surface area contributed by atoms with Gasteiger partial charge >= 0.3 is 0 Å². The number of hydrogen-bond acceptors (Lipinski definition) is 2. The largest absolute Gasteiger partial charge is 0.506 e. The van der Waals surface area contributed by atoms with Crippen molar-refractivity contribution in [2.45, 2.75) is 33.1 Å². The normalized spacial score (nSPS) is 11.1. The summed E-state index contributed by atoms with van der Waals surface area (Å²) in [6, 6.07) is 5.82. The molecule has 14 heavy (non-hydrogen) atoms. The number of aryl methyl sites for hydroxylation is 1. The Labute approximate surface area is 84.8 Å². The smallest absolute Gasteiger partial charge is 0.136 e. The monoisotopic (exact) mass is 189 g/mol. The lowest BCUT2D eigenvalue weighted by Gasteiger charge is -2.21. The topological polar surface area (TPSA) is 44.0 Å². The van der Waals surface area contributed by atoms with Crippen molar-refractivity contribution in [2.24, 2.45) is 0 Å². The number of aromatic hydroxyl groups is 1. The van der Waals surface area contributed by atoms with Crippen LogP contribution >= 0.6 is 0 Å². The predicted octanol–water partition coefficient (Wildman–Crippen LogP) is 2.87. The van der Waals surface area contributed by atoms with E-state index in [4.69, 9.17) is 5.26 Å². The van der Waals surface area contributed by atoms with Gasteiger partial charge in [-0.25, -0.2) is 0 Å². The Morgan fingerprint density at radius 1 is 1.29 bits per heavy atom. The molecule has 0 spiro atoms. The molecule has 0 bridgehead atoms. The van der Waals surface area contributed by atoms with Gasteiger partial charge in [0.05, 0.1) is 5.56 Å². The average Bonchev–Trinajstić information content (AvgIpc) is 2.07. The molecule has 0 aromatic heterocycles. The molecule has 0 heterocycles. The van der Waals surface area contributed by atoms with Gasteiger partial charge in [-0.2, -0.15) is 5.26 Å². The summed E-state index contributed by atoms with van der Waals surface area (Å²) < 4.78 is 0. The second-order valence-corrected chi connectivity index (χ2v) is 4.52. The maximum absolute atomic E-state index is 9.72. The van der Waals surface area contributed by atoms with Crippen LogP contribution in [0.25, 0.3) is 0 Å². The van der Waals surface area contributed by atoms with Gasteiger partial charge < -0.3 is 5.11 Å². The van der Waals surface area contributed by atoms with Gasteiger partial charge in [0, 0.05) is 0 Å². The summed E-state index contributed by atoms with van der Waals surface area (Å²) >= 11 is 0. The Morgan fingerprint density at radius 2 is 1.86 bits per heavy atom. The number of nitrogens with zero attached hydrogens (tertiary/aromatic N) is 1. The van der Waals surface area contributed by atoms with Crippen LogP contribution in [0.1, 0.15) is 37.5 Å². The van der Waals surface area contributed by atoms with E-state index >= 15 is 0 Å². The first-order chi connectivity index (χ1) is 6.38. The quantitative estimate of drug-likeness (QED) is 0.682. The van der Waals surface area contributed by atoms with Gasteiger partial charge in [-0.05, 0) is 23.5 Å². The SMILES string of the molecule is Cc1ccc(C(C)(C)C)c(C#N)c1O. The minimum Gasteiger partial charge on any atom is -0.506 e. The van der Waals surface area contributed by atoms with E-state index in [0.717, 1.165) is 11.1 Å². The Hall–Kier alpha value is -1.49. The number of hydrogen-bond donors (Lipinski definition) is 1. The van der Waals surface area contributed by atoms with Crippen LogP contribution in [0.2, 0.25) is 0 Å². The Morgan fingerprint density at radius 3 is 2.29 bits per heavy atom. The zero-order valence-electron chi connectivity index (χ0n) is 9.05. The van der Waals surface area contributed by atoms with E-state index in [1.165, 1.54) is 0 Å². The van der Waals surface area contributed by atoms with Crippen molar-refractivity contribution in [1.29, 1.82) is 5.26 Å². The van der Waals surface area contributed by atoms with E-state index in [1.807, 2.05) is 32.9 Å². The zero-order chi connectivity index (χ0) is 10.9. The molecule has 0 unspecified atom stereocenters. The lowest BCUT2D eigenvalue weighted by atomic mass is 9.83. The molecule has 0 aliphatic rings. The number of phenols is 1. The van der Waals surface area contributed by atoms with Gasteiger partial charge in [0.1, 0.15) is 11.8 Å². The van der Waals surface area contributed by atoms with Gasteiger partial charge in [-0.3, -0.25) is 0 Å². The van der Waals surface area contributed by atoms with E-state index in [9.17, 15) is 5.11 Å². The Balaban J connectivity index is 3.49. The lowest BCUT2D eigenvalue weighted by molar-refractivity contribution is 0.464. The first-order valence-corrected chi connectivity index (χ1v) is 4.61. The lowest BCUT2D eigenvalue weighted by Crippen LogP contribution is -2.13. The molecule has 1 aromatic rings. The van der Waals surface area contributed by atoms with Gasteiger partial charge in [0.15, 0.2) is 0 Å². The van der Waals surface area contributed by atoms with Crippen LogP contribution in [0.3, 0.4) is 0 Å². The minimum atomic E-state index is -0.115. The van der Waals surface area contributed by atoms with E-state index in [2.05, 4.69) is 6.07 Å². The molecule has 0 aliphatic heterocycles. The zero-order valence-corrected chi connectivity index (χ0v) is 9.05. The predicted molar refractivity (Wildman–Crippen MR) is 56.3 cm³/mol. The molecule has 1 N–H and O–H groups in total. The third-order valence-corrected chi connectivity index (χ3v) is 2.30. The molecule has 0 saturated carbocycles. The summed E-state index contributed by atoms with van der Waals surface area (Å²) in [7, 11) is 0. The number of rotatable bonds is 0. The van der Waals surface area contributed by atoms with E-state index in [-0.39, 0.29) is 11.2 Å². The third kappa shape index (κ3) is 1.72.